The number of carboxylic acid groups (broad SMARTS) is 1. The minimum absolute atomic E-state index is 0.00222. The van der Waals surface area contributed by atoms with E-state index >= 15 is 0 Å². The predicted molar refractivity (Wildman–Crippen MR) is 64.6 cm³/mol. The van der Waals surface area contributed by atoms with Crippen LogP contribution in [0.4, 0.5) is 5.00 Å². The molecule has 1 amide bonds. The second kappa shape index (κ2) is 4.44. The molecule has 1 aliphatic rings. The first-order chi connectivity index (χ1) is 8.02. The van der Waals surface area contributed by atoms with Crippen LogP contribution >= 0.6 is 11.5 Å². The van der Waals surface area contributed by atoms with Crippen LogP contribution in [0.2, 0.25) is 0 Å². The van der Waals surface area contributed by atoms with Gasteiger partial charge in [-0.25, -0.2) is 4.79 Å². The van der Waals surface area contributed by atoms with Crippen molar-refractivity contribution in [3.8, 4) is 0 Å². The molecule has 0 spiro atoms. The number of hydrogen-bond acceptors (Lipinski definition) is 4. The van der Waals surface area contributed by atoms with Crippen LogP contribution in [0.15, 0.2) is 0 Å². The lowest BCUT2D eigenvalue weighted by Crippen LogP contribution is -2.36. The molecule has 1 saturated carbocycles. The zero-order chi connectivity index (χ0) is 12.6. The van der Waals surface area contributed by atoms with Gasteiger partial charge in [0.05, 0.1) is 5.69 Å². The Morgan fingerprint density at radius 3 is 2.59 bits per heavy atom. The molecule has 0 unspecified atom stereocenters. The molecule has 0 radical (unpaired) electrons. The van der Waals surface area contributed by atoms with Crippen LogP contribution in [0.1, 0.15) is 35.3 Å². The summed E-state index contributed by atoms with van der Waals surface area (Å²) < 4.78 is 4.01. The third kappa shape index (κ3) is 2.04. The van der Waals surface area contributed by atoms with E-state index in [1.54, 1.807) is 14.0 Å². The van der Waals surface area contributed by atoms with Gasteiger partial charge >= 0.3 is 5.97 Å². The normalized spacial score (nSPS) is 15.4. The van der Waals surface area contributed by atoms with Crippen LogP contribution in [-0.4, -0.2) is 28.4 Å². The fourth-order valence-corrected chi connectivity index (χ4v) is 2.72. The van der Waals surface area contributed by atoms with Gasteiger partial charge in [-0.15, -0.1) is 0 Å². The second-order valence-corrected chi connectivity index (χ2v) is 5.03. The van der Waals surface area contributed by atoms with E-state index < -0.39 is 5.97 Å². The van der Waals surface area contributed by atoms with Gasteiger partial charge in [-0.3, -0.25) is 4.79 Å². The number of aryl methyl sites for hydroxylation is 1. The average molecular weight is 254 g/mol. The molecule has 92 valence electrons. The first-order valence-corrected chi connectivity index (χ1v) is 6.27. The fourth-order valence-electron chi connectivity index (χ4n) is 1.86. The summed E-state index contributed by atoms with van der Waals surface area (Å²) >= 11 is 1.07. The molecule has 5 nitrogen and oxygen atoms in total. The maximum absolute atomic E-state index is 12.0. The van der Waals surface area contributed by atoms with Gasteiger partial charge in [0.25, 0.3) is 0 Å². The summed E-state index contributed by atoms with van der Waals surface area (Å²) in [6, 6.07) is 0. The van der Waals surface area contributed by atoms with E-state index in [-0.39, 0.29) is 17.4 Å². The number of aromatic nitrogens is 1. The van der Waals surface area contributed by atoms with Gasteiger partial charge in [0.2, 0.25) is 5.91 Å². The highest BCUT2D eigenvalue weighted by molar-refractivity contribution is 7.11. The van der Waals surface area contributed by atoms with Crippen molar-refractivity contribution in [2.45, 2.75) is 26.2 Å². The van der Waals surface area contributed by atoms with Gasteiger partial charge in [-0.2, -0.15) is 4.37 Å². The number of hydrogen-bond donors (Lipinski definition) is 1. The minimum atomic E-state index is -1.03. The fraction of sp³-hybridized carbons (Fsp3) is 0.545. The van der Waals surface area contributed by atoms with Crippen molar-refractivity contribution in [3.05, 3.63) is 11.3 Å². The molecule has 6 heteroatoms. The Hall–Kier alpha value is -1.43. The molecule has 1 N–H and O–H groups in total. The van der Waals surface area contributed by atoms with Crippen molar-refractivity contribution >= 4 is 28.4 Å². The number of carbonyl (C=O) groups is 2. The summed E-state index contributed by atoms with van der Waals surface area (Å²) in [6.45, 7) is 1.64. The molecule has 0 atom stereocenters. The number of rotatable bonds is 3. The lowest BCUT2D eigenvalue weighted by atomic mass is 9.84. The van der Waals surface area contributed by atoms with Crippen LogP contribution in [-0.2, 0) is 4.79 Å². The van der Waals surface area contributed by atoms with Gasteiger partial charge in [0, 0.05) is 13.0 Å². The van der Waals surface area contributed by atoms with E-state index in [1.807, 2.05) is 0 Å². The molecule has 0 bridgehead atoms. The lowest BCUT2D eigenvalue weighted by molar-refractivity contribution is -0.124. The highest BCUT2D eigenvalue weighted by atomic mass is 32.1. The third-order valence-electron chi connectivity index (χ3n) is 3.15. The van der Waals surface area contributed by atoms with E-state index in [4.69, 9.17) is 5.11 Å². The number of anilines is 1. The minimum Gasteiger partial charge on any atom is -0.478 e. The van der Waals surface area contributed by atoms with Gasteiger partial charge < -0.3 is 10.0 Å². The highest BCUT2D eigenvalue weighted by Gasteiger charge is 2.31. The van der Waals surface area contributed by atoms with Crippen molar-refractivity contribution < 1.29 is 14.7 Å². The van der Waals surface area contributed by atoms with Crippen LogP contribution in [0.5, 0.6) is 0 Å². The first kappa shape index (κ1) is 12.0. The first-order valence-electron chi connectivity index (χ1n) is 5.49. The van der Waals surface area contributed by atoms with Crippen molar-refractivity contribution in [3.63, 3.8) is 0 Å². The number of aromatic carboxylic acids is 1. The van der Waals surface area contributed by atoms with Crippen LogP contribution in [0.25, 0.3) is 0 Å². The van der Waals surface area contributed by atoms with Crippen molar-refractivity contribution in [2.75, 3.05) is 11.9 Å². The maximum Gasteiger partial charge on any atom is 0.340 e. The Labute approximate surface area is 103 Å². The monoisotopic (exact) mass is 254 g/mol. The zero-order valence-electron chi connectivity index (χ0n) is 9.77. The standard InChI is InChI=1S/C11H14N2O3S/c1-6-8(11(15)16)10(17-12-6)13(2)9(14)7-4-3-5-7/h7H,3-5H2,1-2H3,(H,15,16). The topological polar surface area (TPSA) is 70.5 Å². The quantitative estimate of drug-likeness (QED) is 0.894. The van der Waals surface area contributed by atoms with Crippen molar-refractivity contribution in [2.24, 2.45) is 5.92 Å². The van der Waals surface area contributed by atoms with Gasteiger partial charge in [-0.1, -0.05) is 6.42 Å². The van der Waals surface area contributed by atoms with Gasteiger partial charge in [0.1, 0.15) is 10.6 Å². The number of amides is 1. The highest BCUT2D eigenvalue weighted by Crippen LogP contribution is 2.33. The SMILES string of the molecule is Cc1nsc(N(C)C(=O)C2CCC2)c1C(=O)O. The summed E-state index contributed by atoms with van der Waals surface area (Å²) in [5.74, 6) is -0.967. The smallest absolute Gasteiger partial charge is 0.340 e. The largest absolute Gasteiger partial charge is 0.478 e. The third-order valence-corrected chi connectivity index (χ3v) is 4.16. The Kier molecular flexibility index (Phi) is 3.15. The Bertz CT molecular complexity index is 465. The molecule has 0 aliphatic heterocycles. The van der Waals surface area contributed by atoms with Crippen LogP contribution < -0.4 is 4.90 Å². The van der Waals surface area contributed by atoms with E-state index in [1.165, 1.54) is 4.90 Å². The molecule has 0 aromatic carbocycles. The van der Waals surface area contributed by atoms with Crippen LogP contribution in [0.3, 0.4) is 0 Å². The Morgan fingerprint density at radius 2 is 2.12 bits per heavy atom. The Morgan fingerprint density at radius 1 is 1.47 bits per heavy atom. The average Bonchev–Trinajstić information content (AvgIpc) is 2.56. The summed E-state index contributed by atoms with van der Waals surface area (Å²) in [6.07, 6.45) is 2.89. The number of nitrogens with zero attached hydrogens (tertiary/aromatic N) is 2. The van der Waals surface area contributed by atoms with E-state index in [2.05, 4.69) is 4.37 Å². The zero-order valence-corrected chi connectivity index (χ0v) is 10.6. The Balaban J connectivity index is 2.27. The molecule has 1 heterocycles. The van der Waals surface area contributed by atoms with Crippen molar-refractivity contribution in [1.29, 1.82) is 0 Å². The van der Waals surface area contributed by atoms with Crippen molar-refractivity contribution in [1.82, 2.24) is 4.37 Å². The summed E-state index contributed by atoms with van der Waals surface area (Å²) in [5.41, 5.74) is 0.607. The molecule has 1 fully saturated rings. The van der Waals surface area contributed by atoms with E-state index in [0.717, 1.165) is 30.8 Å². The molecule has 1 aromatic heterocycles. The second-order valence-electron chi connectivity index (χ2n) is 4.28. The lowest BCUT2D eigenvalue weighted by Gasteiger charge is -2.28. The van der Waals surface area contributed by atoms with Crippen LogP contribution in [0, 0.1) is 12.8 Å². The molecule has 1 aliphatic carbocycles. The summed E-state index contributed by atoms with van der Waals surface area (Å²) in [5, 5.41) is 9.54. The van der Waals surface area contributed by atoms with Gasteiger partial charge in [-0.05, 0) is 31.3 Å². The predicted octanol–water partition coefficient (Wildman–Crippen LogP) is 1.91. The molecule has 0 saturated heterocycles. The number of carbonyl (C=O) groups excluding carboxylic acids is 1. The summed E-state index contributed by atoms with van der Waals surface area (Å²) in [7, 11) is 1.63. The number of carboxylic acids is 1. The molecule has 1 aromatic rings. The molecule has 2 rings (SSSR count). The maximum atomic E-state index is 12.0. The van der Waals surface area contributed by atoms with E-state index in [0.29, 0.717) is 10.7 Å². The summed E-state index contributed by atoms with van der Waals surface area (Å²) in [4.78, 5) is 24.6. The molecular formula is C11H14N2O3S. The van der Waals surface area contributed by atoms with E-state index in [9.17, 15) is 9.59 Å². The van der Waals surface area contributed by atoms with Gasteiger partial charge in [0.15, 0.2) is 0 Å². The molecule has 17 heavy (non-hydrogen) atoms. The molecular weight excluding hydrogens is 240 g/mol.